The molecule has 1 aromatic heterocycles. The van der Waals surface area contributed by atoms with Crippen LogP contribution in [0.4, 0.5) is 16.5 Å². The molecular weight excluding hydrogens is 410 g/mol. The van der Waals surface area contributed by atoms with E-state index in [0.717, 1.165) is 21.2 Å². The molecule has 0 radical (unpaired) electrons. The molecule has 4 rings (SSSR count). The van der Waals surface area contributed by atoms with Crippen molar-refractivity contribution in [3.8, 4) is 0 Å². The molecular formula is C19H17N5O3S2. The molecule has 0 fully saturated rings. The Balaban J connectivity index is 1.32. The first-order chi connectivity index (χ1) is 14.1. The maximum atomic E-state index is 12.6. The van der Waals surface area contributed by atoms with Gasteiger partial charge in [-0.25, -0.2) is 0 Å². The van der Waals surface area contributed by atoms with Crippen molar-refractivity contribution in [2.24, 2.45) is 0 Å². The van der Waals surface area contributed by atoms with Crippen molar-refractivity contribution in [1.82, 2.24) is 10.2 Å². The van der Waals surface area contributed by atoms with Crippen LogP contribution in [0.3, 0.4) is 0 Å². The van der Waals surface area contributed by atoms with Crippen LogP contribution < -0.4 is 10.2 Å². The summed E-state index contributed by atoms with van der Waals surface area (Å²) >= 11 is 2.76. The van der Waals surface area contributed by atoms with Gasteiger partial charge in [0.2, 0.25) is 11.0 Å². The summed E-state index contributed by atoms with van der Waals surface area (Å²) in [7, 11) is 0. The summed E-state index contributed by atoms with van der Waals surface area (Å²) in [5.41, 5.74) is 2.79. The van der Waals surface area contributed by atoms with Gasteiger partial charge in [0, 0.05) is 30.9 Å². The number of thioether (sulfide) groups is 1. The molecule has 148 valence electrons. The number of carbonyl (C=O) groups is 1. The van der Waals surface area contributed by atoms with E-state index in [0.29, 0.717) is 24.6 Å². The van der Waals surface area contributed by atoms with Crippen LogP contribution in [0.2, 0.25) is 0 Å². The van der Waals surface area contributed by atoms with Crippen molar-refractivity contribution in [2.45, 2.75) is 17.3 Å². The van der Waals surface area contributed by atoms with E-state index in [1.807, 2.05) is 30.3 Å². The monoisotopic (exact) mass is 427 g/mol. The fraction of sp³-hybridized carbons (Fsp3) is 0.211. The summed E-state index contributed by atoms with van der Waals surface area (Å²) in [6.45, 7) is 1.20. The standard InChI is InChI=1S/C19H17N5O3S2/c25-17(23-9-8-14-10-15(24(26)27)6-7-16(14)23)12-28-19-22-21-18(29-19)20-11-13-4-2-1-3-5-13/h1-7,10H,8-9,11-12H2,(H,20,21). The molecule has 2 aromatic carbocycles. The molecule has 0 atom stereocenters. The van der Waals surface area contributed by atoms with Crippen LogP contribution in [-0.2, 0) is 17.8 Å². The van der Waals surface area contributed by atoms with Gasteiger partial charge in [-0.1, -0.05) is 53.4 Å². The Kier molecular flexibility index (Phi) is 5.72. The third kappa shape index (κ3) is 4.54. The number of non-ortho nitro benzene ring substituents is 1. The molecule has 0 saturated heterocycles. The van der Waals surface area contributed by atoms with Gasteiger partial charge in [-0.2, -0.15) is 0 Å². The molecule has 0 aliphatic carbocycles. The average Bonchev–Trinajstić information content (AvgIpc) is 3.37. The fourth-order valence-corrected chi connectivity index (χ4v) is 4.70. The summed E-state index contributed by atoms with van der Waals surface area (Å²) < 4.78 is 0.719. The average molecular weight is 428 g/mol. The number of aromatic nitrogens is 2. The minimum absolute atomic E-state index is 0.0448. The van der Waals surface area contributed by atoms with E-state index in [2.05, 4.69) is 15.5 Å². The van der Waals surface area contributed by atoms with Crippen LogP contribution in [0.1, 0.15) is 11.1 Å². The molecule has 1 aliphatic rings. The highest BCUT2D eigenvalue weighted by Crippen LogP contribution is 2.32. The molecule has 0 unspecified atom stereocenters. The van der Waals surface area contributed by atoms with E-state index in [9.17, 15) is 14.9 Å². The highest BCUT2D eigenvalue weighted by atomic mass is 32.2. The van der Waals surface area contributed by atoms with E-state index in [1.54, 1.807) is 17.0 Å². The van der Waals surface area contributed by atoms with Crippen molar-refractivity contribution in [3.63, 3.8) is 0 Å². The van der Waals surface area contributed by atoms with E-state index in [4.69, 9.17) is 0 Å². The quantitative estimate of drug-likeness (QED) is 0.348. The van der Waals surface area contributed by atoms with Crippen LogP contribution in [0, 0.1) is 10.1 Å². The van der Waals surface area contributed by atoms with Gasteiger partial charge in [-0.05, 0) is 23.6 Å². The lowest BCUT2D eigenvalue weighted by molar-refractivity contribution is -0.384. The fourth-order valence-electron chi connectivity index (χ4n) is 3.08. The van der Waals surface area contributed by atoms with Crippen molar-refractivity contribution in [1.29, 1.82) is 0 Å². The van der Waals surface area contributed by atoms with Crippen LogP contribution in [0.15, 0.2) is 52.9 Å². The van der Waals surface area contributed by atoms with Gasteiger partial charge in [0.15, 0.2) is 4.34 Å². The highest BCUT2D eigenvalue weighted by molar-refractivity contribution is 8.01. The molecule has 1 aliphatic heterocycles. The minimum Gasteiger partial charge on any atom is -0.356 e. The molecule has 1 amide bonds. The number of hydrogen-bond acceptors (Lipinski definition) is 8. The van der Waals surface area contributed by atoms with Crippen LogP contribution >= 0.6 is 23.1 Å². The topological polar surface area (TPSA) is 101 Å². The zero-order valence-electron chi connectivity index (χ0n) is 15.3. The number of nitro benzene ring substituents is 1. The summed E-state index contributed by atoms with van der Waals surface area (Å²) in [6.07, 6.45) is 0.625. The number of nitrogens with zero attached hydrogens (tertiary/aromatic N) is 4. The van der Waals surface area contributed by atoms with Crippen molar-refractivity contribution < 1.29 is 9.72 Å². The Bertz CT molecular complexity index is 1040. The van der Waals surface area contributed by atoms with E-state index < -0.39 is 4.92 Å². The molecule has 29 heavy (non-hydrogen) atoms. The van der Waals surface area contributed by atoms with E-state index >= 15 is 0 Å². The van der Waals surface area contributed by atoms with Crippen molar-refractivity contribution in [3.05, 3.63) is 69.8 Å². The maximum Gasteiger partial charge on any atom is 0.269 e. The van der Waals surface area contributed by atoms with Crippen LogP contribution in [0.25, 0.3) is 0 Å². The number of hydrogen-bond donors (Lipinski definition) is 1. The molecule has 0 bridgehead atoms. The third-order valence-electron chi connectivity index (χ3n) is 4.48. The number of fused-ring (bicyclic) bond motifs is 1. The Morgan fingerprint density at radius 3 is 2.86 bits per heavy atom. The number of anilines is 2. The first-order valence-electron chi connectivity index (χ1n) is 8.92. The first-order valence-corrected chi connectivity index (χ1v) is 10.7. The van der Waals surface area contributed by atoms with Gasteiger partial charge in [0.25, 0.3) is 5.69 Å². The van der Waals surface area contributed by atoms with Crippen LogP contribution in [-0.4, -0.2) is 33.3 Å². The summed E-state index contributed by atoms with van der Waals surface area (Å²) in [5.74, 6) is 0.195. The predicted molar refractivity (Wildman–Crippen MR) is 114 cm³/mol. The number of carbonyl (C=O) groups excluding carboxylic acids is 1. The van der Waals surface area contributed by atoms with Crippen LogP contribution in [0.5, 0.6) is 0 Å². The molecule has 3 aromatic rings. The molecule has 2 heterocycles. The largest absolute Gasteiger partial charge is 0.356 e. The number of amides is 1. The van der Waals surface area contributed by atoms with Gasteiger partial charge in [-0.3, -0.25) is 14.9 Å². The number of rotatable bonds is 7. The van der Waals surface area contributed by atoms with E-state index in [-0.39, 0.29) is 17.3 Å². The van der Waals surface area contributed by atoms with Crippen molar-refractivity contribution in [2.75, 3.05) is 22.5 Å². The van der Waals surface area contributed by atoms with Crippen molar-refractivity contribution >= 4 is 45.5 Å². The molecule has 10 heteroatoms. The highest BCUT2D eigenvalue weighted by Gasteiger charge is 2.26. The molecule has 1 N–H and O–H groups in total. The summed E-state index contributed by atoms with van der Waals surface area (Å²) in [6, 6.07) is 14.6. The second kappa shape index (κ2) is 8.58. The minimum atomic E-state index is -0.417. The smallest absolute Gasteiger partial charge is 0.269 e. The first kappa shape index (κ1) is 19.3. The Morgan fingerprint density at radius 1 is 1.24 bits per heavy atom. The lowest BCUT2D eigenvalue weighted by atomic mass is 10.1. The van der Waals surface area contributed by atoms with Gasteiger partial charge < -0.3 is 10.2 Å². The van der Waals surface area contributed by atoms with Gasteiger partial charge >= 0.3 is 0 Å². The Labute approximate surface area is 175 Å². The number of benzene rings is 2. The Hall–Kier alpha value is -2.98. The van der Waals surface area contributed by atoms with E-state index in [1.165, 1.54) is 29.2 Å². The van der Waals surface area contributed by atoms with Gasteiger partial charge in [0.1, 0.15) is 0 Å². The van der Waals surface area contributed by atoms with Gasteiger partial charge in [0.05, 0.1) is 10.7 Å². The normalized spacial score (nSPS) is 12.6. The lowest BCUT2D eigenvalue weighted by Crippen LogP contribution is -2.30. The SMILES string of the molecule is O=C(CSc1nnc(NCc2ccccc2)s1)N1CCc2cc([N+](=O)[O-])ccc21. The van der Waals surface area contributed by atoms with Gasteiger partial charge in [-0.15, -0.1) is 10.2 Å². The third-order valence-corrected chi connectivity index (χ3v) is 6.48. The molecule has 0 spiro atoms. The molecule has 0 saturated carbocycles. The number of nitrogens with one attached hydrogen (secondary N) is 1. The zero-order valence-corrected chi connectivity index (χ0v) is 16.9. The summed E-state index contributed by atoms with van der Waals surface area (Å²) in [4.78, 5) is 24.8. The maximum absolute atomic E-state index is 12.6. The second-order valence-corrected chi connectivity index (χ2v) is 8.57. The molecule has 8 nitrogen and oxygen atoms in total. The zero-order chi connectivity index (χ0) is 20.2. The predicted octanol–water partition coefficient (Wildman–Crippen LogP) is 3.74. The Morgan fingerprint density at radius 2 is 2.07 bits per heavy atom. The number of nitro groups is 1. The summed E-state index contributed by atoms with van der Waals surface area (Å²) in [5, 5.41) is 23.1. The lowest BCUT2D eigenvalue weighted by Gasteiger charge is -2.16. The second-order valence-electron chi connectivity index (χ2n) is 6.37.